The Kier molecular flexibility index (Phi) is 4.12. The third kappa shape index (κ3) is 2.38. The lowest BCUT2D eigenvalue weighted by molar-refractivity contribution is 0.321. The van der Waals surface area contributed by atoms with Gasteiger partial charge in [0, 0.05) is 54.2 Å². The standard InChI is InChI=1S/C28H22O4/c1-3-11-31-21-13-19-25-23-15(21)7-5-9-17(23)28(30)20-14-22(32-12-4-2)16-8-6-10-18(27(19)29)24(16)26(20)25/h5-10,13-14H,3-4,11-12H2,1-2H3. The molecule has 0 fully saturated rings. The predicted molar refractivity (Wildman–Crippen MR) is 131 cm³/mol. The third-order valence-corrected chi connectivity index (χ3v) is 6.40. The van der Waals surface area contributed by atoms with Crippen molar-refractivity contribution in [3.63, 3.8) is 0 Å². The van der Waals surface area contributed by atoms with Gasteiger partial charge in [-0.05, 0) is 25.0 Å². The molecule has 4 heteroatoms. The summed E-state index contributed by atoms with van der Waals surface area (Å²) in [6.45, 7) is 5.20. The van der Waals surface area contributed by atoms with E-state index in [4.69, 9.17) is 9.47 Å². The Bertz CT molecular complexity index is 1560. The maximum absolute atomic E-state index is 13.7. The fraction of sp³-hybridized carbons (Fsp3) is 0.214. The second kappa shape index (κ2) is 6.92. The molecule has 2 aliphatic rings. The molecule has 6 rings (SSSR count). The van der Waals surface area contributed by atoms with E-state index in [2.05, 4.69) is 0 Å². The first-order valence-electron chi connectivity index (χ1n) is 11.2. The average Bonchev–Trinajstić information content (AvgIpc) is 2.82. The summed E-state index contributed by atoms with van der Waals surface area (Å²) in [6, 6.07) is 15.1. The van der Waals surface area contributed by atoms with Gasteiger partial charge in [-0.1, -0.05) is 50.2 Å². The summed E-state index contributed by atoms with van der Waals surface area (Å²) in [6.07, 6.45) is 1.72. The van der Waals surface area contributed by atoms with Crippen molar-refractivity contribution in [2.45, 2.75) is 26.7 Å². The molecule has 32 heavy (non-hydrogen) atoms. The molecule has 4 aromatic rings. The molecule has 0 amide bonds. The molecular formula is C28H22O4. The topological polar surface area (TPSA) is 52.6 Å². The minimum atomic E-state index is -0.0379. The molecule has 0 aromatic heterocycles. The van der Waals surface area contributed by atoms with Gasteiger partial charge in [0.25, 0.3) is 0 Å². The van der Waals surface area contributed by atoms with Crippen molar-refractivity contribution < 1.29 is 9.47 Å². The summed E-state index contributed by atoms with van der Waals surface area (Å²) in [5.74, 6) is 1.32. The molecule has 0 saturated heterocycles. The van der Waals surface area contributed by atoms with Crippen molar-refractivity contribution in [1.29, 1.82) is 0 Å². The lowest BCUT2D eigenvalue weighted by Crippen LogP contribution is -2.14. The van der Waals surface area contributed by atoms with Crippen LogP contribution in [0.25, 0.3) is 54.2 Å². The van der Waals surface area contributed by atoms with Gasteiger partial charge >= 0.3 is 0 Å². The monoisotopic (exact) mass is 422 g/mol. The molecule has 0 radical (unpaired) electrons. The van der Waals surface area contributed by atoms with E-state index in [-0.39, 0.29) is 10.9 Å². The largest absolute Gasteiger partial charge is 0.493 e. The average molecular weight is 422 g/mol. The molecule has 4 aromatic carbocycles. The highest BCUT2D eigenvalue weighted by Crippen LogP contribution is 2.48. The summed E-state index contributed by atoms with van der Waals surface area (Å²) >= 11 is 0. The van der Waals surface area contributed by atoms with Crippen LogP contribution in [-0.4, -0.2) is 13.2 Å². The van der Waals surface area contributed by atoms with Crippen molar-refractivity contribution >= 4 is 43.1 Å². The molecule has 158 valence electrons. The number of benzene rings is 6. The van der Waals surface area contributed by atoms with Crippen molar-refractivity contribution in [3.05, 3.63) is 69.0 Å². The molecule has 0 spiro atoms. The second-order valence-corrected chi connectivity index (χ2v) is 8.41. The SMILES string of the molecule is CCCOc1cc2c3c4c1cccc4c(=O)c1cc(OCCC)c4cccc(c2=O)c4c1-3. The minimum absolute atomic E-state index is 0.0379. The molecule has 0 unspecified atom stereocenters. The number of hydrogen-bond acceptors (Lipinski definition) is 4. The molecule has 0 bridgehead atoms. The molecule has 2 aliphatic carbocycles. The summed E-state index contributed by atoms with van der Waals surface area (Å²) in [5, 5.41) is 5.82. The van der Waals surface area contributed by atoms with E-state index >= 15 is 0 Å². The van der Waals surface area contributed by atoms with Crippen LogP contribution >= 0.6 is 0 Å². The maximum Gasteiger partial charge on any atom is 0.194 e. The highest BCUT2D eigenvalue weighted by atomic mass is 16.5. The van der Waals surface area contributed by atoms with Crippen molar-refractivity contribution in [1.82, 2.24) is 0 Å². The lowest BCUT2D eigenvalue weighted by atomic mass is 9.81. The molecular weight excluding hydrogens is 400 g/mol. The maximum atomic E-state index is 13.7. The Balaban J connectivity index is 1.91. The van der Waals surface area contributed by atoms with Gasteiger partial charge in [-0.2, -0.15) is 0 Å². The minimum Gasteiger partial charge on any atom is -0.493 e. The van der Waals surface area contributed by atoms with Gasteiger partial charge in [0.05, 0.1) is 13.2 Å². The molecule has 0 heterocycles. The van der Waals surface area contributed by atoms with Gasteiger partial charge in [-0.15, -0.1) is 0 Å². The predicted octanol–water partition coefficient (Wildman–Crippen LogP) is 6.02. The summed E-state index contributed by atoms with van der Waals surface area (Å²) in [7, 11) is 0. The Labute approximate surface area is 184 Å². The summed E-state index contributed by atoms with van der Waals surface area (Å²) < 4.78 is 12.1. The van der Waals surface area contributed by atoms with E-state index in [1.807, 2.05) is 62.4 Å². The smallest absolute Gasteiger partial charge is 0.194 e. The Morgan fingerprint density at radius 2 is 1.00 bits per heavy atom. The van der Waals surface area contributed by atoms with Gasteiger partial charge in [-0.3, -0.25) is 9.59 Å². The van der Waals surface area contributed by atoms with E-state index in [0.717, 1.165) is 45.5 Å². The summed E-state index contributed by atoms with van der Waals surface area (Å²) in [4.78, 5) is 27.4. The van der Waals surface area contributed by atoms with Gasteiger partial charge in [0.2, 0.25) is 0 Å². The number of rotatable bonds is 6. The first-order chi connectivity index (χ1) is 15.7. The van der Waals surface area contributed by atoms with Crippen LogP contribution < -0.4 is 20.3 Å². The highest BCUT2D eigenvalue weighted by molar-refractivity contribution is 6.29. The Morgan fingerprint density at radius 1 is 0.594 bits per heavy atom. The highest BCUT2D eigenvalue weighted by Gasteiger charge is 2.28. The van der Waals surface area contributed by atoms with Crippen LogP contribution in [0.1, 0.15) is 26.7 Å². The van der Waals surface area contributed by atoms with E-state index in [1.54, 1.807) is 0 Å². The molecule has 0 atom stereocenters. The first kappa shape index (κ1) is 19.1. The third-order valence-electron chi connectivity index (χ3n) is 6.40. The van der Waals surface area contributed by atoms with E-state index in [9.17, 15) is 9.59 Å². The van der Waals surface area contributed by atoms with Crippen LogP contribution in [0, 0.1) is 0 Å². The Hall–Kier alpha value is -3.66. The van der Waals surface area contributed by atoms with E-state index in [1.165, 1.54) is 0 Å². The molecule has 4 nitrogen and oxygen atoms in total. The van der Waals surface area contributed by atoms with Gasteiger partial charge in [0.1, 0.15) is 11.5 Å². The lowest BCUT2D eigenvalue weighted by Gasteiger charge is -2.23. The van der Waals surface area contributed by atoms with Crippen molar-refractivity contribution in [2.75, 3.05) is 13.2 Å². The van der Waals surface area contributed by atoms with Crippen LogP contribution in [-0.2, 0) is 0 Å². The van der Waals surface area contributed by atoms with Crippen LogP contribution in [0.4, 0.5) is 0 Å². The van der Waals surface area contributed by atoms with Crippen LogP contribution in [0.2, 0.25) is 0 Å². The normalized spacial score (nSPS) is 12.2. The summed E-state index contributed by atoms with van der Waals surface area (Å²) in [5.41, 5.74) is 1.63. The first-order valence-corrected chi connectivity index (χ1v) is 11.2. The zero-order chi connectivity index (χ0) is 22.0. The zero-order valence-corrected chi connectivity index (χ0v) is 18.1. The van der Waals surface area contributed by atoms with E-state index < -0.39 is 0 Å². The fourth-order valence-electron chi connectivity index (χ4n) is 5.09. The van der Waals surface area contributed by atoms with Gasteiger partial charge in [-0.25, -0.2) is 0 Å². The molecule has 0 N–H and O–H groups in total. The quantitative estimate of drug-likeness (QED) is 0.243. The van der Waals surface area contributed by atoms with Crippen molar-refractivity contribution in [3.8, 4) is 22.6 Å². The van der Waals surface area contributed by atoms with Gasteiger partial charge < -0.3 is 9.47 Å². The van der Waals surface area contributed by atoms with Crippen LogP contribution in [0.5, 0.6) is 11.5 Å². The molecule has 0 aliphatic heterocycles. The zero-order valence-electron chi connectivity index (χ0n) is 18.1. The second-order valence-electron chi connectivity index (χ2n) is 8.41. The van der Waals surface area contributed by atoms with Crippen LogP contribution in [0.15, 0.2) is 58.1 Å². The van der Waals surface area contributed by atoms with E-state index in [0.29, 0.717) is 46.3 Å². The Morgan fingerprint density at radius 3 is 1.41 bits per heavy atom. The van der Waals surface area contributed by atoms with Gasteiger partial charge in [0.15, 0.2) is 10.9 Å². The molecule has 0 saturated carbocycles. The van der Waals surface area contributed by atoms with Crippen molar-refractivity contribution in [2.24, 2.45) is 0 Å². The fourth-order valence-corrected chi connectivity index (χ4v) is 5.09. The van der Waals surface area contributed by atoms with Crippen LogP contribution in [0.3, 0.4) is 0 Å². The number of ether oxygens (including phenoxy) is 2. The number of hydrogen-bond donors (Lipinski definition) is 0.